The Balaban J connectivity index is 2.33. The summed E-state index contributed by atoms with van der Waals surface area (Å²) in [6.45, 7) is 3.59. The second kappa shape index (κ2) is 8.77. The van der Waals surface area contributed by atoms with Gasteiger partial charge >= 0.3 is 0 Å². The molecule has 0 atom stereocenters. The number of benzene rings is 1. The van der Waals surface area contributed by atoms with Crippen molar-refractivity contribution in [1.29, 1.82) is 0 Å². The molecule has 0 heterocycles. The van der Waals surface area contributed by atoms with Crippen molar-refractivity contribution < 1.29 is 14.6 Å². The van der Waals surface area contributed by atoms with E-state index >= 15 is 0 Å². The number of hydrogen-bond donors (Lipinski definition) is 1. The minimum Gasteiger partial charge on any atom is -0.493 e. The van der Waals surface area contributed by atoms with Crippen LogP contribution in [0.3, 0.4) is 0 Å². The van der Waals surface area contributed by atoms with Crippen molar-refractivity contribution in [2.24, 2.45) is 0 Å². The summed E-state index contributed by atoms with van der Waals surface area (Å²) in [7, 11) is 0. The molecule has 19 heavy (non-hydrogen) atoms. The molecule has 0 aliphatic rings. The van der Waals surface area contributed by atoms with Crippen LogP contribution in [0.15, 0.2) is 24.3 Å². The van der Waals surface area contributed by atoms with Crippen molar-refractivity contribution in [1.82, 2.24) is 4.90 Å². The molecular formula is C14H20ClNO3. The molecule has 0 aliphatic carbocycles. The van der Waals surface area contributed by atoms with Gasteiger partial charge in [-0.3, -0.25) is 4.79 Å². The van der Waals surface area contributed by atoms with Gasteiger partial charge in [0.2, 0.25) is 5.91 Å². The van der Waals surface area contributed by atoms with Crippen molar-refractivity contribution in [2.45, 2.75) is 19.8 Å². The largest absolute Gasteiger partial charge is 0.493 e. The van der Waals surface area contributed by atoms with Crippen LogP contribution in [0.2, 0.25) is 5.02 Å². The average Bonchev–Trinajstić information content (AvgIpc) is 2.39. The summed E-state index contributed by atoms with van der Waals surface area (Å²) in [5.41, 5.74) is 0. The molecule has 0 aliphatic heterocycles. The predicted molar refractivity (Wildman–Crippen MR) is 75.5 cm³/mol. The maximum atomic E-state index is 11.9. The zero-order valence-corrected chi connectivity index (χ0v) is 11.9. The van der Waals surface area contributed by atoms with Crippen molar-refractivity contribution in [3.63, 3.8) is 0 Å². The first kappa shape index (κ1) is 15.8. The molecule has 1 amide bonds. The molecule has 1 N–H and O–H groups in total. The lowest BCUT2D eigenvalue weighted by atomic mass is 10.3. The molecule has 1 aromatic rings. The third-order valence-corrected chi connectivity index (χ3v) is 2.94. The molecule has 106 valence electrons. The Morgan fingerprint density at radius 3 is 2.89 bits per heavy atom. The van der Waals surface area contributed by atoms with Crippen LogP contribution in [-0.4, -0.2) is 42.2 Å². The average molecular weight is 286 g/mol. The Hall–Kier alpha value is -1.26. The molecule has 0 radical (unpaired) electrons. The molecule has 0 saturated carbocycles. The topological polar surface area (TPSA) is 49.8 Å². The molecule has 0 bridgehead atoms. The van der Waals surface area contributed by atoms with Gasteiger partial charge in [-0.1, -0.05) is 17.7 Å². The lowest BCUT2D eigenvalue weighted by Gasteiger charge is -2.20. The van der Waals surface area contributed by atoms with Crippen molar-refractivity contribution >= 4 is 17.5 Å². The van der Waals surface area contributed by atoms with Gasteiger partial charge < -0.3 is 14.7 Å². The van der Waals surface area contributed by atoms with E-state index < -0.39 is 0 Å². The third kappa shape index (κ3) is 5.94. The van der Waals surface area contributed by atoms with Crippen molar-refractivity contribution in [3.05, 3.63) is 29.3 Å². The first-order valence-corrected chi connectivity index (χ1v) is 6.82. The van der Waals surface area contributed by atoms with E-state index in [9.17, 15) is 4.79 Å². The number of nitrogens with zero attached hydrogens (tertiary/aromatic N) is 1. The number of aliphatic hydroxyl groups is 1. The Morgan fingerprint density at radius 2 is 2.26 bits per heavy atom. The first-order chi connectivity index (χ1) is 9.17. The lowest BCUT2D eigenvalue weighted by Crippen LogP contribution is -2.33. The van der Waals surface area contributed by atoms with Gasteiger partial charge in [0.15, 0.2) is 0 Å². The molecule has 0 saturated heterocycles. The van der Waals surface area contributed by atoms with Gasteiger partial charge in [-0.2, -0.15) is 0 Å². The summed E-state index contributed by atoms with van der Waals surface area (Å²) in [5.74, 6) is 0.705. The van der Waals surface area contributed by atoms with Gasteiger partial charge in [0.05, 0.1) is 13.0 Å². The fraction of sp³-hybridized carbons (Fsp3) is 0.500. The highest BCUT2D eigenvalue weighted by atomic mass is 35.5. The number of aliphatic hydroxyl groups excluding tert-OH is 1. The van der Waals surface area contributed by atoms with Gasteiger partial charge in [0.1, 0.15) is 5.75 Å². The fourth-order valence-electron chi connectivity index (χ4n) is 1.69. The van der Waals surface area contributed by atoms with E-state index in [1.807, 2.05) is 6.92 Å². The monoisotopic (exact) mass is 285 g/mol. The van der Waals surface area contributed by atoms with Crippen LogP contribution < -0.4 is 4.74 Å². The number of carbonyl (C=O) groups is 1. The smallest absolute Gasteiger partial charge is 0.225 e. The molecule has 4 nitrogen and oxygen atoms in total. The summed E-state index contributed by atoms with van der Waals surface area (Å²) in [4.78, 5) is 13.6. The van der Waals surface area contributed by atoms with E-state index in [1.54, 1.807) is 29.2 Å². The molecule has 0 aromatic heterocycles. The number of amides is 1. The summed E-state index contributed by atoms with van der Waals surface area (Å²) in [6.07, 6.45) is 0.931. The normalized spacial score (nSPS) is 10.3. The standard InChI is InChI=1S/C14H20ClNO3/c1-2-16(8-4-9-17)14(18)7-10-19-13-6-3-5-12(15)11-13/h3,5-6,11,17H,2,4,7-10H2,1H3. The maximum absolute atomic E-state index is 11.9. The van der Waals surface area contributed by atoms with Gasteiger partial charge in [0, 0.05) is 24.7 Å². The van der Waals surface area contributed by atoms with E-state index in [0.29, 0.717) is 43.3 Å². The summed E-state index contributed by atoms with van der Waals surface area (Å²) in [6, 6.07) is 7.10. The highest BCUT2D eigenvalue weighted by Gasteiger charge is 2.10. The molecular weight excluding hydrogens is 266 g/mol. The predicted octanol–water partition coefficient (Wildman–Crippen LogP) is 2.34. The van der Waals surface area contributed by atoms with E-state index in [4.69, 9.17) is 21.4 Å². The van der Waals surface area contributed by atoms with E-state index in [2.05, 4.69) is 0 Å². The van der Waals surface area contributed by atoms with Gasteiger partial charge in [-0.05, 0) is 31.5 Å². The number of hydrogen-bond acceptors (Lipinski definition) is 3. The number of halogens is 1. The lowest BCUT2D eigenvalue weighted by molar-refractivity contribution is -0.131. The molecule has 0 unspecified atom stereocenters. The van der Waals surface area contributed by atoms with E-state index in [1.165, 1.54) is 0 Å². The van der Waals surface area contributed by atoms with Crippen LogP contribution in [0.4, 0.5) is 0 Å². The second-order valence-corrected chi connectivity index (χ2v) is 4.54. The number of rotatable bonds is 8. The minimum absolute atomic E-state index is 0.0398. The van der Waals surface area contributed by atoms with Gasteiger partial charge in [-0.25, -0.2) is 0 Å². The van der Waals surface area contributed by atoms with Crippen LogP contribution in [0, 0.1) is 0 Å². The molecule has 1 rings (SSSR count). The second-order valence-electron chi connectivity index (χ2n) is 4.11. The van der Waals surface area contributed by atoms with Crippen LogP contribution >= 0.6 is 11.6 Å². The molecule has 0 spiro atoms. The minimum atomic E-state index is 0.0398. The Bertz CT molecular complexity index is 398. The first-order valence-electron chi connectivity index (χ1n) is 6.44. The highest BCUT2D eigenvalue weighted by molar-refractivity contribution is 6.30. The quantitative estimate of drug-likeness (QED) is 0.797. The third-order valence-electron chi connectivity index (χ3n) is 2.70. The molecule has 0 fully saturated rings. The van der Waals surface area contributed by atoms with Crippen LogP contribution in [-0.2, 0) is 4.79 Å². The summed E-state index contributed by atoms with van der Waals surface area (Å²) < 4.78 is 5.48. The Kier molecular flexibility index (Phi) is 7.30. The van der Waals surface area contributed by atoms with Crippen LogP contribution in [0.1, 0.15) is 19.8 Å². The van der Waals surface area contributed by atoms with Crippen LogP contribution in [0.25, 0.3) is 0 Å². The van der Waals surface area contributed by atoms with Gasteiger partial charge in [-0.15, -0.1) is 0 Å². The zero-order valence-electron chi connectivity index (χ0n) is 11.1. The maximum Gasteiger partial charge on any atom is 0.225 e. The van der Waals surface area contributed by atoms with E-state index in [-0.39, 0.29) is 12.5 Å². The summed E-state index contributed by atoms with van der Waals surface area (Å²) in [5, 5.41) is 9.38. The zero-order chi connectivity index (χ0) is 14.1. The number of carbonyl (C=O) groups excluding carboxylic acids is 1. The van der Waals surface area contributed by atoms with Crippen molar-refractivity contribution in [3.8, 4) is 5.75 Å². The van der Waals surface area contributed by atoms with Crippen molar-refractivity contribution in [2.75, 3.05) is 26.3 Å². The molecule has 1 aromatic carbocycles. The number of ether oxygens (including phenoxy) is 1. The SMILES string of the molecule is CCN(CCCO)C(=O)CCOc1cccc(Cl)c1. The highest BCUT2D eigenvalue weighted by Crippen LogP contribution is 2.17. The Morgan fingerprint density at radius 1 is 1.47 bits per heavy atom. The molecule has 5 heteroatoms. The van der Waals surface area contributed by atoms with Gasteiger partial charge in [0.25, 0.3) is 0 Å². The summed E-state index contributed by atoms with van der Waals surface area (Å²) >= 11 is 5.84. The van der Waals surface area contributed by atoms with Crippen LogP contribution in [0.5, 0.6) is 5.75 Å². The van der Waals surface area contributed by atoms with E-state index in [0.717, 1.165) is 0 Å². The Labute approximate surface area is 118 Å². The fourth-order valence-corrected chi connectivity index (χ4v) is 1.87.